The van der Waals surface area contributed by atoms with Gasteiger partial charge in [-0.15, -0.1) is 0 Å². The molecular formula is C22H30FN7O. The number of halogens is 1. The highest BCUT2D eigenvalue weighted by atomic mass is 19.1. The van der Waals surface area contributed by atoms with Gasteiger partial charge in [-0.3, -0.25) is 4.99 Å². The number of aromatic nitrogens is 2. The minimum Gasteiger partial charge on any atom is -0.393 e. The second-order valence-electron chi connectivity index (χ2n) is 7.72. The van der Waals surface area contributed by atoms with Crippen molar-refractivity contribution in [3.05, 3.63) is 41.3 Å². The van der Waals surface area contributed by atoms with Crippen LogP contribution in [0.4, 0.5) is 10.2 Å². The summed E-state index contributed by atoms with van der Waals surface area (Å²) >= 11 is 0. The van der Waals surface area contributed by atoms with E-state index in [1.54, 1.807) is 12.1 Å². The Morgan fingerprint density at radius 2 is 2.03 bits per heavy atom. The van der Waals surface area contributed by atoms with Gasteiger partial charge in [0, 0.05) is 19.1 Å². The molecule has 0 radical (unpaired) electrons. The lowest BCUT2D eigenvalue weighted by atomic mass is 9.93. The van der Waals surface area contributed by atoms with Gasteiger partial charge in [0.1, 0.15) is 23.3 Å². The largest absolute Gasteiger partial charge is 0.393 e. The minimum atomic E-state index is -0.345. The lowest BCUT2D eigenvalue weighted by Crippen LogP contribution is -2.45. The van der Waals surface area contributed by atoms with Crippen LogP contribution in [0.5, 0.6) is 0 Å². The van der Waals surface area contributed by atoms with Crippen LogP contribution in [0.25, 0.3) is 5.69 Å². The number of nitriles is 1. The van der Waals surface area contributed by atoms with Crippen LogP contribution in [-0.4, -0.2) is 46.1 Å². The van der Waals surface area contributed by atoms with Crippen molar-refractivity contribution in [3.63, 3.8) is 0 Å². The number of anilines is 1. The zero-order valence-electron chi connectivity index (χ0n) is 17.8. The van der Waals surface area contributed by atoms with E-state index in [2.05, 4.69) is 26.8 Å². The summed E-state index contributed by atoms with van der Waals surface area (Å²) in [6, 6.07) is 8.26. The molecule has 0 amide bonds. The molecule has 1 heterocycles. The van der Waals surface area contributed by atoms with Crippen LogP contribution >= 0.6 is 0 Å². The Bertz CT molecular complexity index is 925. The maximum absolute atomic E-state index is 13.2. The third-order valence-electron chi connectivity index (χ3n) is 5.40. The normalized spacial score (nSPS) is 19.1. The first kappa shape index (κ1) is 22.6. The summed E-state index contributed by atoms with van der Waals surface area (Å²) in [7, 11) is 0. The molecule has 1 fully saturated rings. The van der Waals surface area contributed by atoms with Crippen LogP contribution in [0.1, 0.15) is 50.3 Å². The summed E-state index contributed by atoms with van der Waals surface area (Å²) in [5.41, 5.74) is 7.67. The number of rotatable bonds is 7. The van der Waals surface area contributed by atoms with Gasteiger partial charge >= 0.3 is 0 Å². The fraction of sp³-hybridized carbons (Fsp3) is 0.500. The molecule has 0 atom stereocenters. The lowest BCUT2D eigenvalue weighted by molar-refractivity contribution is 0.120. The van der Waals surface area contributed by atoms with Gasteiger partial charge in [0.15, 0.2) is 5.96 Å². The number of hydrogen-bond acceptors (Lipinski definition) is 5. The predicted octanol–water partition coefficient (Wildman–Crippen LogP) is 2.26. The fourth-order valence-electron chi connectivity index (χ4n) is 3.73. The average Bonchev–Trinajstić information content (AvgIpc) is 3.08. The molecule has 1 aromatic heterocycles. The Kier molecular flexibility index (Phi) is 7.84. The topological polar surface area (TPSA) is 124 Å². The second kappa shape index (κ2) is 10.8. The van der Waals surface area contributed by atoms with Crippen LogP contribution in [-0.2, 0) is 6.42 Å². The highest BCUT2D eigenvalue weighted by Crippen LogP contribution is 2.22. The summed E-state index contributed by atoms with van der Waals surface area (Å²) in [4.78, 5) is 4.64. The van der Waals surface area contributed by atoms with Crippen LogP contribution in [0, 0.1) is 17.1 Å². The molecule has 1 aromatic carbocycles. The molecule has 3 rings (SSSR count). The summed E-state index contributed by atoms with van der Waals surface area (Å²) in [5, 5.41) is 30.4. The number of aliphatic imine (C=N–C) groups is 1. The highest BCUT2D eigenvalue weighted by Gasteiger charge is 2.20. The van der Waals surface area contributed by atoms with Crippen molar-refractivity contribution < 1.29 is 9.50 Å². The predicted molar refractivity (Wildman–Crippen MR) is 118 cm³/mol. The van der Waals surface area contributed by atoms with Crippen LogP contribution in [0.3, 0.4) is 0 Å². The van der Waals surface area contributed by atoms with Gasteiger partial charge in [-0.1, -0.05) is 0 Å². The molecule has 1 saturated carbocycles. The zero-order chi connectivity index (χ0) is 22.2. The first-order valence-electron chi connectivity index (χ1n) is 10.8. The van der Waals surface area contributed by atoms with Crippen molar-refractivity contribution in [2.45, 2.75) is 57.6 Å². The maximum atomic E-state index is 13.2. The number of nitrogen functional groups attached to an aromatic ring is 1. The molecule has 8 nitrogen and oxygen atoms in total. The Labute approximate surface area is 182 Å². The molecule has 9 heteroatoms. The summed E-state index contributed by atoms with van der Waals surface area (Å²) in [5.74, 6) is 0.672. The first-order valence-corrected chi connectivity index (χ1v) is 10.8. The van der Waals surface area contributed by atoms with Crippen molar-refractivity contribution in [1.29, 1.82) is 5.26 Å². The minimum absolute atomic E-state index is 0.186. The zero-order valence-corrected chi connectivity index (χ0v) is 17.8. The number of hydrogen-bond donors (Lipinski definition) is 4. The molecule has 1 aliphatic carbocycles. The molecule has 0 bridgehead atoms. The number of nitrogens with zero attached hydrogens (tertiary/aromatic N) is 4. The Balaban J connectivity index is 1.61. The third-order valence-corrected chi connectivity index (χ3v) is 5.40. The first-order chi connectivity index (χ1) is 15.0. The van der Waals surface area contributed by atoms with Crippen molar-refractivity contribution in [2.75, 3.05) is 18.8 Å². The molecule has 5 N–H and O–H groups in total. The number of benzene rings is 1. The van der Waals surface area contributed by atoms with E-state index in [1.165, 1.54) is 16.8 Å². The summed E-state index contributed by atoms with van der Waals surface area (Å²) in [6.07, 6.45) is 4.55. The van der Waals surface area contributed by atoms with Crippen LogP contribution in [0.15, 0.2) is 29.3 Å². The van der Waals surface area contributed by atoms with Gasteiger partial charge in [-0.25, -0.2) is 9.07 Å². The quantitative estimate of drug-likeness (QED) is 0.305. The molecule has 0 saturated heterocycles. The van der Waals surface area contributed by atoms with Crippen molar-refractivity contribution in [2.24, 2.45) is 4.99 Å². The summed E-state index contributed by atoms with van der Waals surface area (Å²) < 4.78 is 14.7. The summed E-state index contributed by atoms with van der Waals surface area (Å²) in [6.45, 7) is 3.35. The number of guanidine groups is 1. The SMILES string of the molecule is CCNC(=NCCCc1nn(-c2ccc(F)cc2)c(N)c1C#N)NC1CCC(O)CC1. The number of aryl methyl sites for hydroxylation is 1. The van der Waals surface area contributed by atoms with E-state index in [0.717, 1.165) is 38.2 Å². The standard InChI is InChI=1S/C22H30FN7O/c1-2-26-22(28-16-7-11-18(31)12-8-16)27-13-3-4-20-19(14-24)21(25)30(29-20)17-9-5-15(23)6-10-17/h5-6,9-10,16,18,31H,2-4,7-8,11-13,25H2,1H3,(H2,26,27,28). The van der Waals surface area contributed by atoms with E-state index in [1.807, 2.05) is 6.92 Å². The van der Waals surface area contributed by atoms with Crippen LogP contribution < -0.4 is 16.4 Å². The molecule has 2 aromatic rings. The molecule has 166 valence electrons. The van der Waals surface area contributed by atoms with Gasteiger partial charge in [0.05, 0.1) is 17.5 Å². The van der Waals surface area contributed by atoms with Crippen molar-refractivity contribution in [3.8, 4) is 11.8 Å². The second-order valence-corrected chi connectivity index (χ2v) is 7.72. The van der Waals surface area contributed by atoms with E-state index >= 15 is 0 Å². The van der Waals surface area contributed by atoms with Gasteiger partial charge in [0.2, 0.25) is 0 Å². The monoisotopic (exact) mass is 427 g/mol. The van der Waals surface area contributed by atoms with E-state index in [-0.39, 0.29) is 17.7 Å². The molecule has 0 aliphatic heterocycles. The number of nitrogens with one attached hydrogen (secondary N) is 2. The van der Waals surface area contributed by atoms with Gasteiger partial charge < -0.3 is 21.5 Å². The fourth-order valence-corrected chi connectivity index (χ4v) is 3.73. The molecular weight excluding hydrogens is 397 g/mol. The van der Waals surface area contributed by atoms with Crippen molar-refractivity contribution in [1.82, 2.24) is 20.4 Å². The van der Waals surface area contributed by atoms with Gasteiger partial charge in [0.25, 0.3) is 0 Å². The van der Waals surface area contributed by atoms with Crippen LogP contribution in [0.2, 0.25) is 0 Å². The smallest absolute Gasteiger partial charge is 0.191 e. The van der Waals surface area contributed by atoms with E-state index in [9.17, 15) is 14.8 Å². The Morgan fingerprint density at radius 1 is 1.32 bits per heavy atom. The highest BCUT2D eigenvalue weighted by molar-refractivity contribution is 5.80. The molecule has 31 heavy (non-hydrogen) atoms. The Morgan fingerprint density at radius 3 is 2.68 bits per heavy atom. The molecule has 0 unspecified atom stereocenters. The van der Waals surface area contributed by atoms with E-state index in [4.69, 9.17) is 5.73 Å². The Hall–Kier alpha value is -3.12. The van der Waals surface area contributed by atoms with Crippen molar-refractivity contribution >= 4 is 11.8 Å². The lowest BCUT2D eigenvalue weighted by Gasteiger charge is -2.27. The maximum Gasteiger partial charge on any atom is 0.191 e. The average molecular weight is 428 g/mol. The number of nitrogens with two attached hydrogens (primary N) is 1. The number of aliphatic hydroxyl groups excluding tert-OH is 1. The van der Waals surface area contributed by atoms with Gasteiger partial charge in [-0.2, -0.15) is 10.4 Å². The van der Waals surface area contributed by atoms with E-state index in [0.29, 0.717) is 42.4 Å². The molecule has 0 spiro atoms. The molecule has 1 aliphatic rings. The van der Waals surface area contributed by atoms with E-state index < -0.39 is 0 Å². The number of aliphatic hydroxyl groups is 1. The van der Waals surface area contributed by atoms with Gasteiger partial charge in [-0.05, 0) is 69.7 Å². The third kappa shape index (κ3) is 5.95.